The van der Waals surface area contributed by atoms with E-state index in [1.807, 2.05) is 0 Å². The number of fused-ring (bicyclic) bond motifs is 1. The molecule has 3 atom stereocenters. The molecule has 0 aromatic heterocycles. The Hall–Kier alpha value is -0.0400. The van der Waals surface area contributed by atoms with Crippen molar-refractivity contribution in [2.75, 3.05) is 6.54 Å². The summed E-state index contributed by atoms with van der Waals surface area (Å²) < 4.78 is 0. The molecule has 0 bridgehead atoms. The van der Waals surface area contributed by atoms with Crippen molar-refractivity contribution in [2.45, 2.75) is 38.6 Å². The quantitative estimate of drug-likeness (QED) is 0.539. The SMILES string of the molecule is C[C@H]1CCC[C@@H]2CCN[C@@H]21. The number of nitrogens with one attached hydrogen (secondary N) is 1. The lowest BCUT2D eigenvalue weighted by atomic mass is 9.79. The summed E-state index contributed by atoms with van der Waals surface area (Å²) >= 11 is 0. The van der Waals surface area contributed by atoms with Crippen LogP contribution < -0.4 is 5.32 Å². The van der Waals surface area contributed by atoms with E-state index < -0.39 is 0 Å². The largest absolute Gasteiger partial charge is 0.313 e. The summed E-state index contributed by atoms with van der Waals surface area (Å²) in [7, 11) is 0. The molecule has 1 nitrogen and oxygen atoms in total. The van der Waals surface area contributed by atoms with Gasteiger partial charge in [-0.05, 0) is 37.6 Å². The van der Waals surface area contributed by atoms with Crippen LogP contribution in [0.2, 0.25) is 0 Å². The molecular formula is C9H17N. The third-order valence-corrected chi connectivity index (χ3v) is 3.25. The monoisotopic (exact) mass is 139 g/mol. The van der Waals surface area contributed by atoms with Gasteiger partial charge in [-0.2, -0.15) is 0 Å². The summed E-state index contributed by atoms with van der Waals surface area (Å²) in [6.07, 6.45) is 5.86. The summed E-state index contributed by atoms with van der Waals surface area (Å²) in [6.45, 7) is 3.68. The van der Waals surface area contributed by atoms with Crippen molar-refractivity contribution in [3.63, 3.8) is 0 Å². The Morgan fingerprint density at radius 2 is 2.10 bits per heavy atom. The van der Waals surface area contributed by atoms with E-state index in [4.69, 9.17) is 0 Å². The van der Waals surface area contributed by atoms with Crippen molar-refractivity contribution in [3.05, 3.63) is 0 Å². The zero-order chi connectivity index (χ0) is 6.97. The van der Waals surface area contributed by atoms with Gasteiger partial charge in [-0.15, -0.1) is 0 Å². The third kappa shape index (κ3) is 0.968. The van der Waals surface area contributed by atoms with E-state index in [2.05, 4.69) is 12.2 Å². The van der Waals surface area contributed by atoms with Crippen LogP contribution in [0.15, 0.2) is 0 Å². The molecule has 0 unspecified atom stereocenters. The molecule has 0 radical (unpaired) electrons. The molecule has 2 rings (SSSR count). The summed E-state index contributed by atoms with van der Waals surface area (Å²) in [5.74, 6) is 1.98. The summed E-state index contributed by atoms with van der Waals surface area (Å²) in [4.78, 5) is 0. The Bertz CT molecular complexity index is 122. The Labute approximate surface area is 63.2 Å². The van der Waals surface area contributed by atoms with Gasteiger partial charge in [0.15, 0.2) is 0 Å². The highest BCUT2D eigenvalue weighted by Crippen LogP contribution is 2.33. The zero-order valence-electron chi connectivity index (χ0n) is 6.77. The van der Waals surface area contributed by atoms with Gasteiger partial charge in [0.25, 0.3) is 0 Å². The summed E-state index contributed by atoms with van der Waals surface area (Å²) in [5.41, 5.74) is 0. The molecule has 0 aromatic rings. The molecule has 10 heavy (non-hydrogen) atoms. The predicted octanol–water partition coefficient (Wildman–Crippen LogP) is 1.78. The lowest BCUT2D eigenvalue weighted by Gasteiger charge is -2.30. The maximum atomic E-state index is 3.61. The average molecular weight is 139 g/mol. The standard InChI is InChI=1S/C9H17N/c1-7-3-2-4-8-5-6-10-9(7)8/h7-10H,2-6H2,1H3/t7-,8+,9+/m0/s1. The zero-order valence-corrected chi connectivity index (χ0v) is 6.77. The molecule has 0 amide bonds. The van der Waals surface area contributed by atoms with Crippen molar-refractivity contribution in [3.8, 4) is 0 Å². The van der Waals surface area contributed by atoms with Crippen molar-refractivity contribution >= 4 is 0 Å². The molecule has 2 fully saturated rings. The Kier molecular flexibility index (Phi) is 1.69. The molecule has 1 heterocycles. The van der Waals surface area contributed by atoms with Crippen LogP contribution >= 0.6 is 0 Å². The maximum Gasteiger partial charge on any atom is 0.0121 e. The fourth-order valence-corrected chi connectivity index (χ4v) is 2.65. The highest BCUT2D eigenvalue weighted by Gasteiger charge is 2.33. The first kappa shape index (κ1) is 6.66. The van der Waals surface area contributed by atoms with Gasteiger partial charge in [0, 0.05) is 6.04 Å². The molecule has 0 spiro atoms. The van der Waals surface area contributed by atoms with E-state index in [9.17, 15) is 0 Å². The smallest absolute Gasteiger partial charge is 0.0121 e. The van der Waals surface area contributed by atoms with Crippen LogP contribution in [0.25, 0.3) is 0 Å². The molecular weight excluding hydrogens is 122 g/mol. The minimum absolute atomic E-state index is 0.883. The third-order valence-electron chi connectivity index (χ3n) is 3.25. The molecule has 58 valence electrons. The van der Waals surface area contributed by atoms with E-state index in [0.29, 0.717) is 0 Å². The van der Waals surface area contributed by atoms with Gasteiger partial charge >= 0.3 is 0 Å². The van der Waals surface area contributed by atoms with Crippen molar-refractivity contribution in [2.24, 2.45) is 11.8 Å². The van der Waals surface area contributed by atoms with Crippen LogP contribution in [0.5, 0.6) is 0 Å². The lowest BCUT2D eigenvalue weighted by molar-refractivity contribution is 0.245. The first-order valence-corrected chi connectivity index (χ1v) is 4.61. The van der Waals surface area contributed by atoms with Gasteiger partial charge in [-0.3, -0.25) is 0 Å². The van der Waals surface area contributed by atoms with Gasteiger partial charge in [0.05, 0.1) is 0 Å². The van der Waals surface area contributed by atoms with Crippen LogP contribution in [0.4, 0.5) is 0 Å². The number of hydrogen-bond donors (Lipinski definition) is 1. The molecule has 1 saturated carbocycles. The minimum Gasteiger partial charge on any atom is -0.313 e. The fourth-order valence-electron chi connectivity index (χ4n) is 2.65. The highest BCUT2D eigenvalue weighted by molar-refractivity contribution is 4.90. The van der Waals surface area contributed by atoms with Gasteiger partial charge in [-0.25, -0.2) is 0 Å². The number of rotatable bonds is 0. The van der Waals surface area contributed by atoms with Gasteiger partial charge in [-0.1, -0.05) is 13.3 Å². The first-order chi connectivity index (χ1) is 4.88. The normalized spacial score (nSPS) is 47.1. The van der Waals surface area contributed by atoms with E-state index in [1.165, 1.54) is 32.2 Å². The number of hydrogen-bond acceptors (Lipinski definition) is 1. The van der Waals surface area contributed by atoms with E-state index in [-0.39, 0.29) is 0 Å². The van der Waals surface area contributed by atoms with E-state index in [1.54, 1.807) is 0 Å². The average Bonchev–Trinajstić information content (AvgIpc) is 2.36. The predicted molar refractivity (Wildman–Crippen MR) is 42.9 cm³/mol. The molecule has 1 aliphatic heterocycles. The van der Waals surface area contributed by atoms with Gasteiger partial charge < -0.3 is 5.32 Å². The van der Waals surface area contributed by atoms with Crippen molar-refractivity contribution in [1.29, 1.82) is 0 Å². The lowest BCUT2D eigenvalue weighted by Crippen LogP contribution is -2.36. The maximum absolute atomic E-state index is 3.61. The topological polar surface area (TPSA) is 12.0 Å². The Balaban J connectivity index is 2.03. The van der Waals surface area contributed by atoms with Crippen molar-refractivity contribution < 1.29 is 0 Å². The molecule has 1 saturated heterocycles. The molecule has 1 heteroatoms. The van der Waals surface area contributed by atoms with Gasteiger partial charge in [0.2, 0.25) is 0 Å². The second-order valence-corrected chi connectivity index (χ2v) is 3.94. The fraction of sp³-hybridized carbons (Fsp3) is 1.00. The Morgan fingerprint density at radius 1 is 1.20 bits per heavy atom. The van der Waals surface area contributed by atoms with Crippen LogP contribution in [0, 0.1) is 11.8 Å². The second-order valence-electron chi connectivity index (χ2n) is 3.94. The first-order valence-electron chi connectivity index (χ1n) is 4.61. The van der Waals surface area contributed by atoms with E-state index in [0.717, 1.165) is 17.9 Å². The van der Waals surface area contributed by atoms with Crippen LogP contribution in [0.1, 0.15) is 32.6 Å². The molecule has 2 aliphatic rings. The van der Waals surface area contributed by atoms with Crippen LogP contribution in [-0.2, 0) is 0 Å². The molecule has 1 N–H and O–H groups in total. The summed E-state index contributed by atoms with van der Waals surface area (Å²) in [5, 5.41) is 3.61. The minimum atomic E-state index is 0.883. The van der Waals surface area contributed by atoms with E-state index >= 15 is 0 Å². The van der Waals surface area contributed by atoms with Crippen LogP contribution in [0.3, 0.4) is 0 Å². The second kappa shape index (κ2) is 2.54. The van der Waals surface area contributed by atoms with Crippen LogP contribution in [-0.4, -0.2) is 12.6 Å². The molecule has 0 aromatic carbocycles. The molecule has 1 aliphatic carbocycles. The van der Waals surface area contributed by atoms with Gasteiger partial charge in [0.1, 0.15) is 0 Å². The summed E-state index contributed by atoms with van der Waals surface area (Å²) in [6, 6.07) is 0.883. The Morgan fingerprint density at radius 3 is 2.90 bits per heavy atom. The van der Waals surface area contributed by atoms with Crippen molar-refractivity contribution in [1.82, 2.24) is 5.32 Å². The highest BCUT2D eigenvalue weighted by atomic mass is 15.0.